The van der Waals surface area contributed by atoms with Crippen LogP contribution in [-0.4, -0.2) is 30.0 Å². The third-order valence-corrected chi connectivity index (χ3v) is 1.55. The van der Waals surface area contributed by atoms with Crippen molar-refractivity contribution in [1.29, 1.82) is 0 Å². The predicted octanol–water partition coefficient (Wildman–Crippen LogP) is 1.38. The zero-order valence-corrected chi connectivity index (χ0v) is 7.23. The van der Waals surface area contributed by atoms with Crippen LogP contribution in [0.3, 0.4) is 0 Å². The summed E-state index contributed by atoms with van der Waals surface area (Å²) in [4.78, 5) is 1.76. The van der Waals surface area contributed by atoms with Crippen LogP contribution in [0.4, 0.5) is 0 Å². The van der Waals surface area contributed by atoms with Crippen LogP contribution in [0.1, 0.15) is 5.56 Å². The van der Waals surface area contributed by atoms with E-state index in [0.717, 1.165) is 5.56 Å². The molecule has 0 atom stereocenters. The van der Waals surface area contributed by atoms with E-state index >= 15 is 0 Å². The largest absolute Gasteiger partial charge is 0.409 e. The molecule has 3 heteroatoms. The highest BCUT2D eigenvalue weighted by Gasteiger charge is 2.03. The van der Waals surface area contributed by atoms with Gasteiger partial charge in [0.05, 0.1) is 0 Å². The first-order chi connectivity index (χ1) is 5.75. The normalized spacial score (nSPS) is 11.3. The Bertz CT molecular complexity index is 267. The molecule has 64 valence electrons. The summed E-state index contributed by atoms with van der Waals surface area (Å²) in [5, 5.41) is 11.9. The molecule has 3 nitrogen and oxygen atoms in total. The third-order valence-electron chi connectivity index (χ3n) is 1.55. The summed E-state index contributed by atoms with van der Waals surface area (Å²) in [7, 11) is 3.67. The van der Waals surface area contributed by atoms with Gasteiger partial charge in [-0.25, -0.2) is 0 Å². The smallest absolute Gasteiger partial charge is 0.174 e. The van der Waals surface area contributed by atoms with Gasteiger partial charge in [-0.1, -0.05) is 35.5 Å². The number of oxime groups is 1. The molecule has 0 aliphatic rings. The molecule has 1 aromatic rings. The number of nitrogens with zero attached hydrogens (tertiary/aromatic N) is 2. The summed E-state index contributed by atoms with van der Waals surface area (Å²) in [5.41, 5.74) is 0.907. The first-order valence-electron chi connectivity index (χ1n) is 3.70. The Kier molecular flexibility index (Phi) is 2.69. The van der Waals surface area contributed by atoms with Crippen molar-refractivity contribution in [3.05, 3.63) is 35.9 Å². The van der Waals surface area contributed by atoms with E-state index in [4.69, 9.17) is 5.21 Å². The predicted molar refractivity (Wildman–Crippen MR) is 48.5 cm³/mol. The van der Waals surface area contributed by atoms with Crippen LogP contribution >= 0.6 is 0 Å². The van der Waals surface area contributed by atoms with E-state index in [1.807, 2.05) is 44.4 Å². The standard InChI is InChI=1S/C9H12N2O/c1-11(2)9(10-12)8-6-4-3-5-7-8/h3-7,12H,1-2H3/b10-9+. The van der Waals surface area contributed by atoms with Crippen LogP contribution < -0.4 is 0 Å². The third kappa shape index (κ3) is 1.75. The summed E-state index contributed by atoms with van der Waals surface area (Å²) in [6, 6.07) is 9.53. The molecule has 1 aromatic carbocycles. The van der Waals surface area contributed by atoms with Gasteiger partial charge in [0.1, 0.15) is 0 Å². The van der Waals surface area contributed by atoms with Gasteiger partial charge in [0.2, 0.25) is 0 Å². The van der Waals surface area contributed by atoms with Gasteiger partial charge in [-0.2, -0.15) is 0 Å². The second kappa shape index (κ2) is 3.76. The summed E-state index contributed by atoms with van der Waals surface area (Å²) in [6.07, 6.45) is 0. The fourth-order valence-electron chi connectivity index (χ4n) is 0.993. The molecule has 0 radical (unpaired) electrons. The highest BCUT2D eigenvalue weighted by Crippen LogP contribution is 2.02. The van der Waals surface area contributed by atoms with Gasteiger partial charge < -0.3 is 10.1 Å². The number of hydrogen-bond acceptors (Lipinski definition) is 2. The summed E-state index contributed by atoms with van der Waals surface area (Å²) >= 11 is 0. The minimum absolute atomic E-state index is 0.565. The maximum Gasteiger partial charge on any atom is 0.174 e. The lowest BCUT2D eigenvalue weighted by atomic mass is 10.2. The lowest BCUT2D eigenvalue weighted by molar-refractivity contribution is 0.310. The Labute approximate surface area is 71.9 Å². The highest BCUT2D eigenvalue weighted by molar-refractivity contribution is 5.97. The maximum atomic E-state index is 8.70. The lowest BCUT2D eigenvalue weighted by Gasteiger charge is -2.13. The van der Waals surface area contributed by atoms with Gasteiger partial charge in [0.25, 0.3) is 0 Å². The SMILES string of the molecule is CN(C)/C(=N/O)c1ccccc1. The van der Waals surface area contributed by atoms with Crippen molar-refractivity contribution in [3.63, 3.8) is 0 Å². The lowest BCUT2D eigenvalue weighted by Crippen LogP contribution is -2.22. The van der Waals surface area contributed by atoms with E-state index in [-0.39, 0.29) is 0 Å². The van der Waals surface area contributed by atoms with Crippen molar-refractivity contribution in [2.45, 2.75) is 0 Å². The van der Waals surface area contributed by atoms with Crippen LogP contribution in [0, 0.1) is 0 Å². The average molecular weight is 164 g/mol. The molecular weight excluding hydrogens is 152 g/mol. The van der Waals surface area contributed by atoms with Crippen LogP contribution in [0.15, 0.2) is 35.5 Å². The molecule has 0 bridgehead atoms. The second-order valence-electron chi connectivity index (χ2n) is 2.68. The van der Waals surface area contributed by atoms with E-state index in [1.54, 1.807) is 4.90 Å². The molecule has 12 heavy (non-hydrogen) atoms. The molecule has 0 heterocycles. The Morgan fingerprint density at radius 2 is 1.83 bits per heavy atom. The second-order valence-corrected chi connectivity index (χ2v) is 2.68. The van der Waals surface area contributed by atoms with Gasteiger partial charge in [-0.05, 0) is 0 Å². The van der Waals surface area contributed by atoms with Gasteiger partial charge in [-0.15, -0.1) is 0 Å². The molecule has 0 aliphatic heterocycles. The fourth-order valence-corrected chi connectivity index (χ4v) is 0.993. The summed E-state index contributed by atoms with van der Waals surface area (Å²) in [5.74, 6) is 0.565. The van der Waals surface area contributed by atoms with Crippen LogP contribution in [0.5, 0.6) is 0 Å². The Morgan fingerprint density at radius 3 is 2.25 bits per heavy atom. The zero-order valence-electron chi connectivity index (χ0n) is 7.23. The van der Waals surface area contributed by atoms with Crippen molar-refractivity contribution in [3.8, 4) is 0 Å². The van der Waals surface area contributed by atoms with Crippen molar-refractivity contribution >= 4 is 5.84 Å². The molecular formula is C9H12N2O. The molecule has 0 saturated heterocycles. The summed E-state index contributed by atoms with van der Waals surface area (Å²) < 4.78 is 0. The Balaban J connectivity index is 2.97. The van der Waals surface area contributed by atoms with Crippen LogP contribution in [0.2, 0.25) is 0 Å². The first kappa shape index (κ1) is 8.59. The van der Waals surface area contributed by atoms with Gasteiger partial charge in [0, 0.05) is 19.7 Å². The topological polar surface area (TPSA) is 35.8 Å². The Morgan fingerprint density at radius 1 is 1.25 bits per heavy atom. The van der Waals surface area contributed by atoms with Crippen molar-refractivity contribution in [2.24, 2.45) is 5.16 Å². The first-order valence-corrected chi connectivity index (χ1v) is 3.70. The number of hydrogen-bond donors (Lipinski definition) is 1. The number of benzene rings is 1. The molecule has 0 spiro atoms. The monoisotopic (exact) mass is 164 g/mol. The zero-order chi connectivity index (χ0) is 8.97. The van der Waals surface area contributed by atoms with Gasteiger partial charge >= 0.3 is 0 Å². The minimum atomic E-state index is 0.565. The van der Waals surface area contributed by atoms with Gasteiger partial charge in [0.15, 0.2) is 5.84 Å². The highest BCUT2D eigenvalue weighted by atomic mass is 16.4. The van der Waals surface area contributed by atoms with E-state index < -0.39 is 0 Å². The van der Waals surface area contributed by atoms with Crippen LogP contribution in [0.25, 0.3) is 0 Å². The molecule has 0 aromatic heterocycles. The molecule has 1 rings (SSSR count). The van der Waals surface area contributed by atoms with E-state index in [2.05, 4.69) is 5.16 Å². The molecule has 0 aliphatic carbocycles. The van der Waals surface area contributed by atoms with E-state index in [1.165, 1.54) is 0 Å². The number of amidine groups is 1. The fraction of sp³-hybridized carbons (Fsp3) is 0.222. The molecule has 0 fully saturated rings. The van der Waals surface area contributed by atoms with E-state index in [0.29, 0.717) is 5.84 Å². The minimum Gasteiger partial charge on any atom is -0.409 e. The number of rotatable bonds is 1. The quantitative estimate of drug-likeness (QED) is 0.294. The summed E-state index contributed by atoms with van der Waals surface area (Å²) in [6.45, 7) is 0. The molecule has 0 saturated carbocycles. The molecule has 0 amide bonds. The van der Waals surface area contributed by atoms with Gasteiger partial charge in [-0.3, -0.25) is 0 Å². The molecule has 1 N–H and O–H groups in total. The van der Waals surface area contributed by atoms with Crippen LogP contribution in [-0.2, 0) is 0 Å². The van der Waals surface area contributed by atoms with E-state index in [9.17, 15) is 0 Å². The van der Waals surface area contributed by atoms with Crippen molar-refractivity contribution in [1.82, 2.24) is 4.90 Å². The average Bonchev–Trinajstić information content (AvgIpc) is 2.07. The van der Waals surface area contributed by atoms with Crippen molar-refractivity contribution < 1.29 is 5.21 Å². The van der Waals surface area contributed by atoms with Crippen molar-refractivity contribution in [2.75, 3.05) is 14.1 Å². The molecule has 0 unspecified atom stereocenters. The Hall–Kier alpha value is -1.51. The maximum absolute atomic E-state index is 8.70.